The van der Waals surface area contributed by atoms with Crippen LogP contribution in [0.4, 0.5) is 0 Å². The number of hydrogen-bond donors (Lipinski definition) is 1. The van der Waals surface area contributed by atoms with Crippen LogP contribution in [0.3, 0.4) is 0 Å². The van der Waals surface area contributed by atoms with E-state index in [0.29, 0.717) is 12.2 Å². The summed E-state index contributed by atoms with van der Waals surface area (Å²) in [5.41, 5.74) is 3.13. The van der Waals surface area contributed by atoms with Crippen molar-refractivity contribution in [3.05, 3.63) is 17.1 Å². The van der Waals surface area contributed by atoms with Gasteiger partial charge < -0.3 is 5.11 Å². The third-order valence-electron chi connectivity index (χ3n) is 4.13. The molecule has 0 saturated heterocycles. The molecule has 0 aliphatic heterocycles. The van der Waals surface area contributed by atoms with Gasteiger partial charge in [-0.15, -0.1) is 5.10 Å². The van der Waals surface area contributed by atoms with Crippen molar-refractivity contribution in [3.8, 4) is 11.3 Å². The molecule has 0 amide bonds. The van der Waals surface area contributed by atoms with Gasteiger partial charge in [-0.1, -0.05) is 18.1 Å². The highest BCUT2D eigenvalue weighted by atomic mass is 16.4. The number of carboxylic acids is 1. The number of aryl methyl sites for hydroxylation is 3. The van der Waals surface area contributed by atoms with Crippen molar-refractivity contribution in [2.24, 2.45) is 13.0 Å². The molecule has 2 aromatic rings. The van der Waals surface area contributed by atoms with Gasteiger partial charge in [-0.25, -0.2) is 9.48 Å². The van der Waals surface area contributed by atoms with E-state index in [0.717, 1.165) is 29.3 Å². The standard InChI is InChI=1S/C14H19N5O2/c1-8-11(9(2)18(3)16-8)13-12(14(20)21)15-17-19(13)7-6-10-4-5-10/h10H,4-7H2,1-3H3,(H,20,21). The molecule has 1 aliphatic rings. The van der Waals surface area contributed by atoms with Gasteiger partial charge in [0.25, 0.3) is 0 Å². The minimum atomic E-state index is -1.05. The first-order valence-corrected chi connectivity index (χ1v) is 7.16. The lowest BCUT2D eigenvalue weighted by molar-refractivity contribution is 0.0691. The van der Waals surface area contributed by atoms with Crippen LogP contribution < -0.4 is 0 Å². The monoisotopic (exact) mass is 289 g/mol. The Morgan fingerprint density at radius 2 is 2.10 bits per heavy atom. The molecule has 1 aliphatic carbocycles. The Morgan fingerprint density at radius 3 is 2.62 bits per heavy atom. The second-order valence-corrected chi connectivity index (χ2v) is 5.72. The number of aromatic carboxylic acids is 1. The Bertz CT molecular complexity index is 697. The molecule has 1 fully saturated rings. The molecule has 0 aromatic carbocycles. The zero-order valence-corrected chi connectivity index (χ0v) is 12.5. The lowest BCUT2D eigenvalue weighted by atomic mass is 10.1. The van der Waals surface area contributed by atoms with Crippen LogP contribution in [0.25, 0.3) is 11.3 Å². The molecule has 0 radical (unpaired) electrons. The van der Waals surface area contributed by atoms with Crippen LogP contribution in [0.15, 0.2) is 0 Å². The zero-order chi connectivity index (χ0) is 15.1. The van der Waals surface area contributed by atoms with E-state index in [1.165, 1.54) is 12.8 Å². The van der Waals surface area contributed by atoms with Crippen molar-refractivity contribution < 1.29 is 9.90 Å². The van der Waals surface area contributed by atoms with E-state index < -0.39 is 5.97 Å². The van der Waals surface area contributed by atoms with Crippen LogP contribution in [-0.2, 0) is 13.6 Å². The molecule has 3 rings (SSSR count). The molecule has 21 heavy (non-hydrogen) atoms. The topological polar surface area (TPSA) is 85.8 Å². The Balaban J connectivity index is 2.08. The number of nitrogens with zero attached hydrogens (tertiary/aromatic N) is 5. The summed E-state index contributed by atoms with van der Waals surface area (Å²) in [4.78, 5) is 11.4. The summed E-state index contributed by atoms with van der Waals surface area (Å²) in [6, 6.07) is 0. The Labute approximate surface area is 122 Å². The zero-order valence-electron chi connectivity index (χ0n) is 12.5. The SMILES string of the molecule is Cc1nn(C)c(C)c1-c1c(C(=O)O)nnn1CCC1CC1. The van der Waals surface area contributed by atoms with Crippen LogP contribution in [0, 0.1) is 19.8 Å². The van der Waals surface area contributed by atoms with Gasteiger partial charge in [-0.3, -0.25) is 4.68 Å². The highest BCUT2D eigenvalue weighted by molar-refractivity contribution is 5.93. The second kappa shape index (κ2) is 4.98. The number of carboxylic acid groups (broad SMARTS) is 1. The maximum Gasteiger partial charge on any atom is 0.358 e. The first kappa shape index (κ1) is 13.8. The molecule has 7 heteroatoms. The van der Waals surface area contributed by atoms with Crippen LogP contribution in [0.1, 0.15) is 41.1 Å². The number of carbonyl (C=O) groups is 1. The van der Waals surface area contributed by atoms with Gasteiger partial charge in [0.1, 0.15) is 5.69 Å². The van der Waals surface area contributed by atoms with E-state index in [1.807, 2.05) is 20.9 Å². The summed E-state index contributed by atoms with van der Waals surface area (Å²) >= 11 is 0. The van der Waals surface area contributed by atoms with E-state index in [2.05, 4.69) is 15.4 Å². The van der Waals surface area contributed by atoms with Crippen LogP contribution in [-0.4, -0.2) is 35.9 Å². The molecular formula is C14H19N5O2. The molecule has 112 valence electrons. The summed E-state index contributed by atoms with van der Waals surface area (Å²) in [7, 11) is 1.85. The second-order valence-electron chi connectivity index (χ2n) is 5.72. The average Bonchev–Trinajstić information content (AvgIpc) is 3.10. The summed E-state index contributed by atoms with van der Waals surface area (Å²) in [5.74, 6) is -0.295. The third-order valence-corrected chi connectivity index (χ3v) is 4.13. The summed E-state index contributed by atoms with van der Waals surface area (Å²) < 4.78 is 3.48. The summed E-state index contributed by atoms with van der Waals surface area (Å²) in [6.07, 6.45) is 3.55. The normalized spacial score (nSPS) is 14.6. The molecule has 7 nitrogen and oxygen atoms in total. The number of hydrogen-bond acceptors (Lipinski definition) is 4. The van der Waals surface area contributed by atoms with Crippen molar-refractivity contribution in [2.45, 2.75) is 39.7 Å². The minimum Gasteiger partial charge on any atom is -0.476 e. The van der Waals surface area contributed by atoms with Gasteiger partial charge in [-0.05, 0) is 26.2 Å². The maximum atomic E-state index is 11.4. The van der Waals surface area contributed by atoms with Crippen LogP contribution in [0.5, 0.6) is 0 Å². The molecule has 0 atom stereocenters. The van der Waals surface area contributed by atoms with Crippen LogP contribution in [0.2, 0.25) is 0 Å². The predicted molar refractivity (Wildman–Crippen MR) is 76.0 cm³/mol. The molecule has 1 N–H and O–H groups in total. The van der Waals surface area contributed by atoms with Crippen molar-refractivity contribution in [1.82, 2.24) is 24.8 Å². The Morgan fingerprint density at radius 1 is 1.38 bits per heavy atom. The summed E-state index contributed by atoms with van der Waals surface area (Å²) in [5, 5.41) is 21.7. The highest BCUT2D eigenvalue weighted by Crippen LogP contribution is 2.34. The molecule has 2 heterocycles. The predicted octanol–water partition coefficient (Wildman–Crippen LogP) is 1.79. The van der Waals surface area contributed by atoms with E-state index >= 15 is 0 Å². The van der Waals surface area contributed by atoms with Gasteiger partial charge in [0.05, 0.1) is 5.69 Å². The minimum absolute atomic E-state index is 0.00463. The first-order valence-electron chi connectivity index (χ1n) is 7.16. The van der Waals surface area contributed by atoms with E-state index in [4.69, 9.17) is 0 Å². The first-order chi connectivity index (χ1) is 9.99. The van der Waals surface area contributed by atoms with Crippen LogP contribution >= 0.6 is 0 Å². The fourth-order valence-electron chi connectivity index (χ4n) is 2.69. The quantitative estimate of drug-likeness (QED) is 0.907. The van der Waals surface area contributed by atoms with E-state index in [-0.39, 0.29) is 5.69 Å². The number of aromatic nitrogens is 5. The average molecular weight is 289 g/mol. The van der Waals surface area contributed by atoms with Crippen molar-refractivity contribution >= 4 is 5.97 Å². The fourth-order valence-corrected chi connectivity index (χ4v) is 2.69. The number of rotatable bonds is 5. The van der Waals surface area contributed by atoms with Crippen molar-refractivity contribution in [3.63, 3.8) is 0 Å². The van der Waals surface area contributed by atoms with E-state index in [1.54, 1.807) is 9.36 Å². The lowest BCUT2D eigenvalue weighted by Gasteiger charge is -2.07. The Kier molecular flexibility index (Phi) is 3.27. The van der Waals surface area contributed by atoms with Crippen molar-refractivity contribution in [1.29, 1.82) is 0 Å². The van der Waals surface area contributed by atoms with Gasteiger partial charge in [0.15, 0.2) is 5.69 Å². The summed E-state index contributed by atoms with van der Waals surface area (Å²) in [6.45, 7) is 4.51. The van der Waals surface area contributed by atoms with E-state index in [9.17, 15) is 9.90 Å². The molecule has 2 aromatic heterocycles. The molecule has 0 spiro atoms. The molecule has 0 unspecified atom stereocenters. The van der Waals surface area contributed by atoms with Gasteiger partial charge in [0, 0.05) is 24.8 Å². The smallest absolute Gasteiger partial charge is 0.358 e. The lowest BCUT2D eigenvalue weighted by Crippen LogP contribution is -2.07. The molecule has 1 saturated carbocycles. The van der Waals surface area contributed by atoms with Gasteiger partial charge >= 0.3 is 5.97 Å². The van der Waals surface area contributed by atoms with Gasteiger partial charge in [0.2, 0.25) is 0 Å². The van der Waals surface area contributed by atoms with Gasteiger partial charge in [-0.2, -0.15) is 5.10 Å². The Hall–Kier alpha value is -2.18. The third kappa shape index (κ3) is 2.43. The largest absolute Gasteiger partial charge is 0.476 e. The fraction of sp³-hybridized carbons (Fsp3) is 0.571. The molecular weight excluding hydrogens is 270 g/mol. The van der Waals surface area contributed by atoms with Crippen molar-refractivity contribution in [2.75, 3.05) is 0 Å². The highest BCUT2D eigenvalue weighted by Gasteiger charge is 2.27. The molecule has 0 bridgehead atoms. The maximum absolute atomic E-state index is 11.4.